The lowest BCUT2D eigenvalue weighted by Crippen LogP contribution is -2.53. The zero-order valence-corrected chi connectivity index (χ0v) is 15.6. The van der Waals surface area contributed by atoms with E-state index < -0.39 is 30.6 Å². The molecule has 1 fully saturated rings. The maximum atomic E-state index is 11.8. The third kappa shape index (κ3) is 3.98. The highest BCUT2D eigenvalue weighted by molar-refractivity contribution is 5.97. The number of ether oxygens (including phenoxy) is 4. The minimum Gasteiger partial charge on any atom is -0.507 e. The van der Waals surface area contributed by atoms with Crippen LogP contribution in [0.2, 0.25) is 0 Å². The number of carbonyl (C=O) groups excluding carboxylic acids is 1. The number of aromatic hydroxyl groups is 1. The Bertz CT molecular complexity index is 773. The molecule has 1 saturated heterocycles. The molecule has 0 aliphatic carbocycles. The third-order valence-electron chi connectivity index (χ3n) is 4.84. The Morgan fingerprint density at radius 3 is 2.79 bits per heavy atom. The second-order valence-corrected chi connectivity index (χ2v) is 6.82. The van der Waals surface area contributed by atoms with Crippen LogP contribution in [0.15, 0.2) is 17.7 Å². The molecule has 1 aromatic carbocycles. The van der Waals surface area contributed by atoms with E-state index in [0.29, 0.717) is 17.7 Å². The van der Waals surface area contributed by atoms with Crippen LogP contribution in [0, 0.1) is 0 Å². The van der Waals surface area contributed by atoms with Crippen LogP contribution in [0.4, 0.5) is 0 Å². The molecule has 9 nitrogen and oxygen atoms in total. The fraction of sp³-hybridized carbons (Fsp3) is 0.526. The second kappa shape index (κ2) is 8.46. The van der Waals surface area contributed by atoms with Gasteiger partial charge in [0.25, 0.3) is 0 Å². The van der Waals surface area contributed by atoms with Crippen molar-refractivity contribution < 1.29 is 44.2 Å². The molecule has 4 atom stereocenters. The molecule has 0 radical (unpaired) electrons. The molecule has 9 heteroatoms. The number of allylic oxidation sites excluding steroid dienone is 1. The van der Waals surface area contributed by atoms with E-state index in [-0.39, 0.29) is 31.1 Å². The quantitative estimate of drug-likeness (QED) is 0.387. The molecule has 0 unspecified atom stereocenters. The number of phenolic OH excluding ortho intramolecular Hbond substituents is 1. The molecule has 0 spiro atoms. The molecular weight excluding hydrogens is 372 g/mol. The van der Waals surface area contributed by atoms with Gasteiger partial charge in [-0.15, -0.1) is 0 Å². The summed E-state index contributed by atoms with van der Waals surface area (Å²) in [5, 5.41) is 39.0. The minimum atomic E-state index is -1.35. The molecule has 2 aliphatic heterocycles. The zero-order valence-electron chi connectivity index (χ0n) is 15.6. The number of rotatable bonds is 6. The van der Waals surface area contributed by atoms with Crippen molar-refractivity contribution in [3.63, 3.8) is 0 Å². The Morgan fingerprint density at radius 1 is 1.32 bits per heavy atom. The maximum Gasteiger partial charge on any atom is 0.342 e. The summed E-state index contributed by atoms with van der Waals surface area (Å²) in [6.45, 7) is 1.88. The lowest BCUT2D eigenvalue weighted by atomic mass is 9.97. The molecule has 4 N–H and O–H groups in total. The summed E-state index contributed by atoms with van der Waals surface area (Å²) in [6, 6.07) is 1.39. The normalized spacial score (nSPS) is 27.5. The van der Waals surface area contributed by atoms with Gasteiger partial charge in [-0.1, -0.05) is 11.6 Å². The van der Waals surface area contributed by atoms with Gasteiger partial charge in [-0.25, -0.2) is 4.79 Å². The topological polar surface area (TPSA) is 135 Å². The van der Waals surface area contributed by atoms with Gasteiger partial charge in [0.05, 0.1) is 20.3 Å². The fourth-order valence-corrected chi connectivity index (χ4v) is 3.22. The number of esters is 1. The number of carbonyl (C=O) groups is 1. The number of hydrogen-bond acceptors (Lipinski definition) is 9. The number of hydrogen-bond donors (Lipinski definition) is 4. The number of aliphatic hydroxyl groups is 3. The molecule has 1 aromatic rings. The number of fused-ring (bicyclic) bond motifs is 1. The third-order valence-corrected chi connectivity index (χ3v) is 4.84. The maximum absolute atomic E-state index is 11.8. The molecule has 0 amide bonds. The summed E-state index contributed by atoms with van der Waals surface area (Å²) in [7, 11) is 1.48. The van der Waals surface area contributed by atoms with Crippen LogP contribution in [0.3, 0.4) is 0 Å². The van der Waals surface area contributed by atoms with Crippen molar-refractivity contribution >= 4 is 5.97 Å². The smallest absolute Gasteiger partial charge is 0.342 e. The lowest BCUT2D eigenvalue weighted by Gasteiger charge is -2.34. The van der Waals surface area contributed by atoms with Gasteiger partial charge in [0.2, 0.25) is 0 Å². The number of cyclic esters (lactones) is 1. The number of phenols is 1. The van der Waals surface area contributed by atoms with Crippen LogP contribution in [-0.4, -0.2) is 71.3 Å². The van der Waals surface area contributed by atoms with E-state index in [1.54, 1.807) is 0 Å². The van der Waals surface area contributed by atoms with Gasteiger partial charge in [0.1, 0.15) is 42.0 Å². The Hall–Kier alpha value is -2.17. The summed E-state index contributed by atoms with van der Waals surface area (Å²) in [4.78, 5) is 11.8. The Morgan fingerprint density at radius 2 is 2.07 bits per heavy atom. The van der Waals surface area contributed by atoms with E-state index in [0.717, 1.165) is 11.1 Å². The molecule has 2 heterocycles. The fourth-order valence-electron chi connectivity index (χ4n) is 3.22. The first-order chi connectivity index (χ1) is 13.3. The highest BCUT2D eigenvalue weighted by atomic mass is 16.7. The summed E-state index contributed by atoms with van der Waals surface area (Å²) < 4.78 is 21.0. The van der Waals surface area contributed by atoms with Crippen molar-refractivity contribution in [3.05, 3.63) is 34.4 Å². The molecule has 0 bridgehead atoms. The number of benzene rings is 1. The van der Waals surface area contributed by atoms with Crippen LogP contribution >= 0.6 is 0 Å². The molecule has 0 aromatic heterocycles. The van der Waals surface area contributed by atoms with Crippen molar-refractivity contribution in [2.75, 3.05) is 20.3 Å². The van der Waals surface area contributed by atoms with Crippen molar-refractivity contribution in [3.8, 4) is 11.5 Å². The molecular formula is C19H24O9. The standard InChI is InChI=1S/C19H24O9/c1-9(6-27-19-17(23)16(22)13(21)8-28-19)3-4-10-11-7-26-18(24)15(11)12(20)5-14(10)25-2/h3,5,13,16-17,19-23H,4,6-8H2,1-2H3/b9-3-/t13-,16+,17-,19-/m1/s1. The Balaban J connectivity index is 1.68. The van der Waals surface area contributed by atoms with Gasteiger partial charge in [-0.2, -0.15) is 0 Å². The van der Waals surface area contributed by atoms with Crippen LogP contribution in [0.1, 0.15) is 28.4 Å². The first-order valence-corrected chi connectivity index (χ1v) is 8.85. The van der Waals surface area contributed by atoms with Crippen molar-refractivity contribution in [2.45, 2.75) is 44.6 Å². The van der Waals surface area contributed by atoms with Gasteiger partial charge in [0, 0.05) is 17.2 Å². The molecule has 28 heavy (non-hydrogen) atoms. The Labute approximate surface area is 161 Å². The lowest BCUT2D eigenvalue weighted by molar-refractivity contribution is -0.267. The van der Waals surface area contributed by atoms with Crippen LogP contribution in [-0.2, 0) is 27.2 Å². The van der Waals surface area contributed by atoms with Gasteiger partial charge >= 0.3 is 5.97 Å². The monoisotopic (exact) mass is 396 g/mol. The van der Waals surface area contributed by atoms with E-state index in [1.165, 1.54) is 13.2 Å². The van der Waals surface area contributed by atoms with Gasteiger partial charge in [-0.05, 0) is 13.3 Å². The van der Waals surface area contributed by atoms with Crippen LogP contribution in [0.5, 0.6) is 11.5 Å². The SMILES string of the molecule is COc1cc(O)c2c(c1C/C=C(/C)CO[C@@H]1OC[C@@H](O)[C@H](O)[C@H]1O)COC2=O. The van der Waals surface area contributed by atoms with E-state index in [9.17, 15) is 25.2 Å². The highest BCUT2D eigenvalue weighted by Gasteiger charge is 2.38. The number of methoxy groups -OCH3 is 1. The second-order valence-electron chi connectivity index (χ2n) is 6.82. The van der Waals surface area contributed by atoms with E-state index in [2.05, 4.69) is 0 Å². The molecule has 3 rings (SSSR count). The first kappa shape index (κ1) is 20.6. The summed E-state index contributed by atoms with van der Waals surface area (Å²) in [5.41, 5.74) is 2.29. The van der Waals surface area contributed by atoms with Crippen LogP contribution in [0.25, 0.3) is 0 Å². The highest BCUT2D eigenvalue weighted by Crippen LogP contribution is 2.38. The van der Waals surface area contributed by atoms with E-state index >= 15 is 0 Å². The zero-order chi connectivity index (χ0) is 20.4. The van der Waals surface area contributed by atoms with Crippen molar-refractivity contribution in [1.29, 1.82) is 0 Å². The largest absolute Gasteiger partial charge is 0.507 e. The van der Waals surface area contributed by atoms with E-state index in [4.69, 9.17) is 18.9 Å². The van der Waals surface area contributed by atoms with Gasteiger partial charge in [0.15, 0.2) is 6.29 Å². The van der Waals surface area contributed by atoms with Crippen molar-refractivity contribution in [2.24, 2.45) is 0 Å². The summed E-state index contributed by atoms with van der Waals surface area (Å²) in [6.07, 6.45) is -2.60. The average molecular weight is 396 g/mol. The first-order valence-electron chi connectivity index (χ1n) is 8.85. The van der Waals surface area contributed by atoms with Gasteiger partial charge in [-0.3, -0.25) is 0 Å². The van der Waals surface area contributed by atoms with Crippen LogP contribution < -0.4 is 4.74 Å². The number of aliphatic hydroxyl groups excluding tert-OH is 3. The predicted octanol–water partition coefficient (Wildman–Crippen LogP) is 0.0156. The Kier molecular flexibility index (Phi) is 6.21. The van der Waals surface area contributed by atoms with Crippen molar-refractivity contribution in [1.82, 2.24) is 0 Å². The minimum absolute atomic E-state index is 0.0694. The van der Waals surface area contributed by atoms with E-state index in [1.807, 2.05) is 13.0 Å². The molecule has 0 saturated carbocycles. The van der Waals surface area contributed by atoms with Gasteiger partial charge < -0.3 is 39.4 Å². The predicted molar refractivity (Wildman–Crippen MR) is 95.0 cm³/mol. The summed E-state index contributed by atoms with van der Waals surface area (Å²) >= 11 is 0. The molecule has 154 valence electrons. The average Bonchev–Trinajstić information content (AvgIpc) is 3.06. The summed E-state index contributed by atoms with van der Waals surface area (Å²) in [5.74, 6) is -0.293. The molecule has 2 aliphatic rings.